The van der Waals surface area contributed by atoms with Gasteiger partial charge in [-0.25, -0.2) is 4.39 Å². The summed E-state index contributed by atoms with van der Waals surface area (Å²) in [6.07, 6.45) is 5.01. The van der Waals surface area contributed by atoms with Gasteiger partial charge in [-0.05, 0) is 62.6 Å². The number of piperidine rings is 1. The summed E-state index contributed by atoms with van der Waals surface area (Å²) in [6.45, 7) is 4.19. The normalized spacial score (nSPS) is 26.4. The van der Waals surface area contributed by atoms with Crippen LogP contribution in [0.3, 0.4) is 0 Å². The van der Waals surface area contributed by atoms with Crippen molar-refractivity contribution in [3.8, 4) is 0 Å². The Morgan fingerprint density at radius 1 is 1.19 bits per heavy atom. The third-order valence-corrected chi connectivity index (χ3v) is 5.45. The molecule has 2 aromatic rings. The predicted molar refractivity (Wildman–Crippen MR) is 84.7 cm³/mol. The van der Waals surface area contributed by atoms with Crippen LogP contribution in [0.5, 0.6) is 0 Å². The topological polar surface area (TPSA) is 24.0 Å². The van der Waals surface area contributed by atoms with Gasteiger partial charge in [-0.1, -0.05) is 6.42 Å². The zero-order valence-corrected chi connectivity index (χ0v) is 13.0. The number of aryl methyl sites for hydroxylation is 1. The smallest absolute Gasteiger partial charge is 0.178 e. The SMILES string of the molecule is Cc1cc2c(cc1F)[nH]c(=S)n2C1CCN2CCCCC12. The van der Waals surface area contributed by atoms with Crippen molar-refractivity contribution in [2.24, 2.45) is 0 Å². The Kier molecular flexibility index (Phi) is 3.15. The lowest BCUT2D eigenvalue weighted by Gasteiger charge is -2.33. The molecule has 3 heterocycles. The average molecular weight is 305 g/mol. The summed E-state index contributed by atoms with van der Waals surface area (Å²) >= 11 is 5.54. The molecule has 2 fully saturated rings. The summed E-state index contributed by atoms with van der Waals surface area (Å²) in [4.78, 5) is 5.79. The van der Waals surface area contributed by atoms with Gasteiger partial charge < -0.3 is 9.55 Å². The number of aromatic amines is 1. The maximum absolute atomic E-state index is 13.8. The van der Waals surface area contributed by atoms with E-state index in [1.807, 2.05) is 13.0 Å². The second-order valence-corrected chi connectivity index (χ2v) is 6.76. The molecule has 3 nitrogen and oxygen atoms in total. The number of hydrogen-bond donors (Lipinski definition) is 1. The molecular weight excluding hydrogens is 285 g/mol. The second-order valence-electron chi connectivity index (χ2n) is 6.37. The van der Waals surface area contributed by atoms with Crippen molar-refractivity contribution in [2.75, 3.05) is 13.1 Å². The number of halogens is 1. The minimum Gasteiger partial charge on any atom is -0.330 e. The Balaban J connectivity index is 1.84. The van der Waals surface area contributed by atoms with Crippen molar-refractivity contribution < 1.29 is 4.39 Å². The number of fused-ring (bicyclic) bond motifs is 2. The van der Waals surface area contributed by atoms with Crippen molar-refractivity contribution in [2.45, 2.75) is 44.7 Å². The highest BCUT2D eigenvalue weighted by atomic mass is 32.1. The van der Waals surface area contributed by atoms with Gasteiger partial charge in [-0.2, -0.15) is 0 Å². The Hall–Kier alpha value is -1.20. The van der Waals surface area contributed by atoms with Gasteiger partial charge in [-0.3, -0.25) is 4.90 Å². The van der Waals surface area contributed by atoms with Crippen molar-refractivity contribution >= 4 is 23.3 Å². The van der Waals surface area contributed by atoms with Crippen molar-refractivity contribution in [3.63, 3.8) is 0 Å². The number of nitrogens with one attached hydrogen (secondary N) is 1. The van der Waals surface area contributed by atoms with E-state index < -0.39 is 0 Å². The molecule has 1 aromatic heterocycles. The summed E-state index contributed by atoms with van der Waals surface area (Å²) in [5.41, 5.74) is 2.55. The van der Waals surface area contributed by atoms with E-state index in [2.05, 4.69) is 14.5 Å². The van der Waals surface area contributed by atoms with Crippen LogP contribution in [-0.2, 0) is 0 Å². The van der Waals surface area contributed by atoms with Gasteiger partial charge in [0.15, 0.2) is 4.77 Å². The van der Waals surface area contributed by atoms with E-state index in [1.54, 1.807) is 6.07 Å². The minimum absolute atomic E-state index is 0.170. The standard InChI is InChI=1S/C16H20FN3S/c1-10-8-15-12(9-11(10)17)18-16(21)20(15)14-5-7-19-6-3-2-4-13(14)19/h8-9,13-14H,2-7H2,1H3,(H,18,21). The molecule has 2 aliphatic heterocycles. The average Bonchev–Trinajstić information content (AvgIpc) is 3.00. The zero-order chi connectivity index (χ0) is 14.6. The Morgan fingerprint density at radius 2 is 2.05 bits per heavy atom. The molecule has 2 aliphatic rings. The third-order valence-electron chi connectivity index (χ3n) is 5.15. The van der Waals surface area contributed by atoms with Crippen molar-refractivity contribution in [1.29, 1.82) is 0 Å². The molecule has 2 atom stereocenters. The van der Waals surface area contributed by atoms with Crippen LogP contribution in [-0.4, -0.2) is 33.6 Å². The fourth-order valence-corrected chi connectivity index (χ4v) is 4.45. The first-order valence-corrected chi connectivity index (χ1v) is 8.20. The number of H-pyrrole nitrogens is 1. The van der Waals surface area contributed by atoms with E-state index in [0.29, 0.717) is 17.6 Å². The molecule has 0 radical (unpaired) electrons. The molecule has 1 N–H and O–H groups in total. The molecule has 0 aliphatic carbocycles. The lowest BCUT2D eigenvalue weighted by Crippen LogP contribution is -2.37. The molecule has 2 saturated heterocycles. The van der Waals surface area contributed by atoms with Crippen LogP contribution >= 0.6 is 12.2 Å². The van der Waals surface area contributed by atoms with E-state index in [-0.39, 0.29) is 5.82 Å². The van der Waals surface area contributed by atoms with Crippen molar-refractivity contribution in [1.82, 2.24) is 14.5 Å². The molecule has 2 unspecified atom stereocenters. The van der Waals surface area contributed by atoms with Gasteiger partial charge in [-0.15, -0.1) is 0 Å². The molecule has 0 amide bonds. The number of aromatic nitrogens is 2. The first kappa shape index (κ1) is 13.5. The highest BCUT2D eigenvalue weighted by Crippen LogP contribution is 2.37. The quantitative estimate of drug-likeness (QED) is 0.807. The van der Waals surface area contributed by atoms with Gasteiger partial charge >= 0.3 is 0 Å². The van der Waals surface area contributed by atoms with Crippen molar-refractivity contribution in [3.05, 3.63) is 28.3 Å². The van der Waals surface area contributed by atoms with Gasteiger partial charge in [0.2, 0.25) is 0 Å². The van der Waals surface area contributed by atoms with Crippen LogP contribution in [0, 0.1) is 17.5 Å². The van der Waals surface area contributed by atoms with E-state index in [0.717, 1.165) is 28.8 Å². The van der Waals surface area contributed by atoms with Crippen LogP contribution < -0.4 is 0 Å². The Morgan fingerprint density at radius 3 is 2.90 bits per heavy atom. The van der Waals surface area contributed by atoms with Gasteiger partial charge in [0.05, 0.1) is 17.1 Å². The van der Waals surface area contributed by atoms with Crippen LogP contribution in [0.15, 0.2) is 12.1 Å². The van der Waals surface area contributed by atoms with E-state index >= 15 is 0 Å². The van der Waals surface area contributed by atoms with Crippen LogP contribution in [0.2, 0.25) is 0 Å². The van der Waals surface area contributed by atoms with E-state index in [9.17, 15) is 4.39 Å². The first-order valence-electron chi connectivity index (χ1n) is 7.79. The van der Waals surface area contributed by atoms with Gasteiger partial charge in [0.25, 0.3) is 0 Å². The van der Waals surface area contributed by atoms with E-state index in [4.69, 9.17) is 12.2 Å². The lowest BCUT2D eigenvalue weighted by atomic mass is 9.98. The summed E-state index contributed by atoms with van der Waals surface area (Å²) < 4.78 is 16.7. The predicted octanol–water partition coefficient (Wildman–Crippen LogP) is 3.95. The van der Waals surface area contributed by atoms with Crippen LogP contribution in [0.4, 0.5) is 4.39 Å². The van der Waals surface area contributed by atoms with Crippen LogP contribution in [0.1, 0.15) is 37.3 Å². The largest absolute Gasteiger partial charge is 0.330 e. The maximum atomic E-state index is 13.8. The molecule has 5 heteroatoms. The number of imidazole rings is 1. The fraction of sp³-hybridized carbons (Fsp3) is 0.562. The highest BCUT2D eigenvalue weighted by Gasteiger charge is 2.37. The third kappa shape index (κ3) is 2.06. The first-order chi connectivity index (χ1) is 10.1. The summed E-state index contributed by atoms with van der Waals surface area (Å²) in [5.74, 6) is -0.170. The number of hydrogen-bond acceptors (Lipinski definition) is 2. The zero-order valence-electron chi connectivity index (χ0n) is 12.2. The van der Waals surface area contributed by atoms with Crippen LogP contribution in [0.25, 0.3) is 11.0 Å². The highest BCUT2D eigenvalue weighted by molar-refractivity contribution is 7.71. The lowest BCUT2D eigenvalue weighted by molar-refractivity contribution is 0.174. The number of rotatable bonds is 1. The molecule has 112 valence electrons. The van der Waals surface area contributed by atoms with E-state index in [1.165, 1.54) is 25.8 Å². The second kappa shape index (κ2) is 4.92. The molecule has 0 spiro atoms. The molecule has 4 rings (SSSR count). The summed E-state index contributed by atoms with van der Waals surface area (Å²) in [7, 11) is 0. The molecular formula is C16H20FN3S. The summed E-state index contributed by atoms with van der Waals surface area (Å²) in [6, 6.07) is 4.53. The minimum atomic E-state index is -0.170. The Bertz CT molecular complexity index is 748. The molecule has 0 saturated carbocycles. The maximum Gasteiger partial charge on any atom is 0.178 e. The molecule has 0 bridgehead atoms. The number of nitrogens with zero attached hydrogens (tertiary/aromatic N) is 2. The summed E-state index contributed by atoms with van der Waals surface area (Å²) in [5, 5.41) is 0. The monoisotopic (exact) mass is 305 g/mol. The van der Waals surface area contributed by atoms with Gasteiger partial charge in [0, 0.05) is 12.6 Å². The Labute approximate surface area is 128 Å². The number of benzene rings is 1. The fourth-order valence-electron chi connectivity index (χ4n) is 4.10. The molecule has 21 heavy (non-hydrogen) atoms. The van der Waals surface area contributed by atoms with Gasteiger partial charge in [0.1, 0.15) is 5.82 Å². The molecule has 1 aromatic carbocycles.